The van der Waals surface area contributed by atoms with Crippen LogP contribution in [0.15, 0.2) is 28.7 Å². The molecule has 0 saturated carbocycles. The van der Waals surface area contributed by atoms with E-state index >= 15 is 0 Å². The first-order chi connectivity index (χ1) is 8.54. The van der Waals surface area contributed by atoms with Crippen LogP contribution in [-0.2, 0) is 4.74 Å². The number of ether oxygens (including phenoxy) is 1. The van der Waals surface area contributed by atoms with E-state index in [0.29, 0.717) is 5.56 Å². The minimum atomic E-state index is -1.34. The van der Waals surface area contributed by atoms with Crippen molar-refractivity contribution in [3.63, 3.8) is 0 Å². The normalized spacial score (nSPS) is 36.6. The summed E-state index contributed by atoms with van der Waals surface area (Å²) in [7, 11) is 0. The van der Waals surface area contributed by atoms with E-state index in [4.69, 9.17) is 9.84 Å². The van der Waals surface area contributed by atoms with Gasteiger partial charge in [-0.2, -0.15) is 0 Å². The molecule has 1 heterocycles. The molecule has 0 radical (unpaired) electrons. The molecule has 1 aliphatic rings. The number of hydrogen-bond donors (Lipinski definition) is 4. The number of halogens is 1. The largest absolute Gasteiger partial charge is 0.394 e. The monoisotopic (exact) mass is 318 g/mol. The van der Waals surface area contributed by atoms with Gasteiger partial charge in [0.15, 0.2) is 0 Å². The summed E-state index contributed by atoms with van der Waals surface area (Å²) in [6, 6.07) is 7.07. The number of aliphatic hydroxyl groups excluding tert-OH is 4. The molecule has 0 aliphatic carbocycles. The third-order valence-electron chi connectivity index (χ3n) is 3.09. The molecule has 1 fully saturated rings. The van der Waals surface area contributed by atoms with Gasteiger partial charge in [-0.3, -0.25) is 0 Å². The lowest BCUT2D eigenvalue weighted by molar-refractivity contribution is -0.231. The second kappa shape index (κ2) is 5.64. The lowest BCUT2D eigenvalue weighted by Gasteiger charge is -2.40. The highest BCUT2D eigenvalue weighted by molar-refractivity contribution is 9.10. The van der Waals surface area contributed by atoms with E-state index in [-0.39, 0.29) is 0 Å². The standard InChI is InChI=1S/C12H15BrO5/c13-7-3-1-6(2-4-7)12-11(17)10(16)9(15)8(5-14)18-12/h1-4,8-12,14-17H,5H2/t8-,9+,10+,11+,12+/m0/s1. The van der Waals surface area contributed by atoms with Gasteiger partial charge in [-0.25, -0.2) is 0 Å². The maximum absolute atomic E-state index is 9.92. The van der Waals surface area contributed by atoms with Gasteiger partial charge in [-0.05, 0) is 17.7 Å². The molecule has 1 aromatic rings. The fraction of sp³-hybridized carbons (Fsp3) is 0.500. The van der Waals surface area contributed by atoms with Crippen molar-refractivity contribution in [2.75, 3.05) is 6.61 Å². The Balaban J connectivity index is 2.24. The Kier molecular flexibility index (Phi) is 4.37. The Hall–Kier alpha value is -0.500. The zero-order chi connectivity index (χ0) is 13.3. The predicted molar refractivity (Wildman–Crippen MR) is 66.9 cm³/mol. The van der Waals surface area contributed by atoms with E-state index < -0.39 is 37.1 Å². The molecule has 0 spiro atoms. The van der Waals surface area contributed by atoms with Crippen molar-refractivity contribution in [1.29, 1.82) is 0 Å². The van der Waals surface area contributed by atoms with Gasteiger partial charge in [0, 0.05) is 4.47 Å². The lowest BCUT2D eigenvalue weighted by atomic mass is 9.91. The van der Waals surface area contributed by atoms with E-state index in [1.807, 2.05) is 0 Å². The van der Waals surface area contributed by atoms with E-state index in [1.165, 1.54) is 0 Å². The van der Waals surface area contributed by atoms with Crippen LogP contribution in [0.2, 0.25) is 0 Å². The van der Waals surface area contributed by atoms with Crippen LogP contribution < -0.4 is 0 Å². The molecule has 2 rings (SSSR count). The fourth-order valence-electron chi connectivity index (χ4n) is 2.03. The average molecular weight is 319 g/mol. The second-order valence-electron chi connectivity index (χ2n) is 4.30. The minimum absolute atomic E-state index is 0.419. The summed E-state index contributed by atoms with van der Waals surface area (Å²) in [5, 5.41) is 38.4. The Morgan fingerprint density at radius 1 is 1.00 bits per heavy atom. The van der Waals surface area contributed by atoms with Crippen LogP contribution in [0.1, 0.15) is 11.7 Å². The van der Waals surface area contributed by atoms with E-state index in [0.717, 1.165) is 4.47 Å². The summed E-state index contributed by atoms with van der Waals surface area (Å²) in [6.07, 6.45) is -5.55. The van der Waals surface area contributed by atoms with Gasteiger partial charge in [0.25, 0.3) is 0 Å². The zero-order valence-corrected chi connectivity index (χ0v) is 11.1. The summed E-state index contributed by atoms with van der Waals surface area (Å²) in [4.78, 5) is 0. The van der Waals surface area contributed by atoms with E-state index in [2.05, 4.69) is 15.9 Å². The van der Waals surface area contributed by atoms with Gasteiger partial charge in [-0.1, -0.05) is 28.1 Å². The first kappa shape index (κ1) is 13.9. The number of hydrogen-bond acceptors (Lipinski definition) is 5. The van der Waals surface area contributed by atoms with Gasteiger partial charge >= 0.3 is 0 Å². The molecular formula is C12H15BrO5. The molecule has 1 aliphatic heterocycles. The quantitative estimate of drug-likeness (QED) is 0.614. The summed E-state index contributed by atoms with van der Waals surface area (Å²) in [6.45, 7) is -0.419. The summed E-state index contributed by atoms with van der Waals surface area (Å²) < 4.78 is 6.32. The Bertz CT molecular complexity index is 394. The third-order valence-corrected chi connectivity index (χ3v) is 3.62. The van der Waals surface area contributed by atoms with Gasteiger partial charge in [-0.15, -0.1) is 0 Å². The Labute approximate surface area is 113 Å². The maximum atomic E-state index is 9.92. The van der Waals surface area contributed by atoms with Crippen molar-refractivity contribution in [3.8, 4) is 0 Å². The molecular weight excluding hydrogens is 304 g/mol. The Morgan fingerprint density at radius 3 is 2.17 bits per heavy atom. The average Bonchev–Trinajstić information content (AvgIpc) is 2.38. The fourth-order valence-corrected chi connectivity index (χ4v) is 2.29. The van der Waals surface area contributed by atoms with Crippen molar-refractivity contribution in [3.05, 3.63) is 34.3 Å². The molecule has 1 saturated heterocycles. The smallest absolute Gasteiger partial charge is 0.113 e. The van der Waals surface area contributed by atoms with Crippen LogP contribution in [0.5, 0.6) is 0 Å². The lowest BCUT2D eigenvalue weighted by Crippen LogP contribution is -2.55. The zero-order valence-electron chi connectivity index (χ0n) is 9.48. The molecule has 1 aromatic carbocycles. The van der Waals surface area contributed by atoms with Crippen LogP contribution in [0, 0.1) is 0 Å². The number of benzene rings is 1. The van der Waals surface area contributed by atoms with Crippen LogP contribution in [0.4, 0.5) is 0 Å². The molecule has 18 heavy (non-hydrogen) atoms. The highest BCUT2D eigenvalue weighted by Gasteiger charge is 2.43. The molecule has 0 aromatic heterocycles. The van der Waals surface area contributed by atoms with Crippen LogP contribution in [0.3, 0.4) is 0 Å². The molecule has 5 atom stereocenters. The second-order valence-corrected chi connectivity index (χ2v) is 5.22. The van der Waals surface area contributed by atoms with E-state index in [1.54, 1.807) is 24.3 Å². The van der Waals surface area contributed by atoms with Gasteiger partial charge in [0.2, 0.25) is 0 Å². The highest BCUT2D eigenvalue weighted by atomic mass is 79.9. The van der Waals surface area contributed by atoms with E-state index in [9.17, 15) is 15.3 Å². The topological polar surface area (TPSA) is 90.2 Å². The molecule has 4 N–H and O–H groups in total. The van der Waals surface area contributed by atoms with Crippen molar-refractivity contribution >= 4 is 15.9 Å². The van der Waals surface area contributed by atoms with Crippen molar-refractivity contribution in [2.24, 2.45) is 0 Å². The van der Waals surface area contributed by atoms with Gasteiger partial charge in [0.05, 0.1) is 6.61 Å². The van der Waals surface area contributed by atoms with Crippen molar-refractivity contribution in [1.82, 2.24) is 0 Å². The van der Waals surface area contributed by atoms with Crippen molar-refractivity contribution < 1.29 is 25.2 Å². The summed E-state index contributed by atoms with van der Waals surface area (Å²) in [5.74, 6) is 0. The predicted octanol–water partition coefficient (Wildman–Crippen LogP) is -0.0360. The molecule has 100 valence electrons. The van der Waals surface area contributed by atoms with Crippen molar-refractivity contribution in [2.45, 2.75) is 30.5 Å². The third kappa shape index (κ3) is 2.59. The van der Waals surface area contributed by atoms with Crippen LogP contribution >= 0.6 is 15.9 Å². The molecule has 6 heteroatoms. The highest BCUT2D eigenvalue weighted by Crippen LogP contribution is 2.32. The molecule has 5 nitrogen and oxygen atoms in total. The maximum Gasteiger partial charge on any atom is 0.113 e. The Morgan fingerprint density at radius 2 is 1.61 bits per heavy atom. The molecule has 0 amide bonds. The van der Waals surface area contributed by atoms with Crippen LogP contribution in [0.25, 0.3) is 0 Å². The first-order valence-corrected chi connectivity index (χ1v) is 6.40. The van der Waals surface area contributed by atoms with Crippen LogP contribution in [-0.4, -0.2) is 51.4 Å². The SMILES string of the molecule is OC[C@@H]1O[C@H](c2ccc(Br)cc2)[C@H](O)[C@H](O)[C@@H]1O. The van der Waals surface area contributed by atoms with Gasteiger partial charge < -0.3 is 25.2 Å². The molecule has 0 unspecified atom stereocenters. The summed E-state index contributed by atoms with van der Waals surface area (Å²) in [5.41, 5.74) is 0.676. The molecule has 0 bridgehead atoms. The minimum Gasteiger partial charge on any atom is -0.394 e. The number of aliphatic hydroxyl groups is 4. The first-order valence-electron chi connectivity index (χ1n) is 5.60. The summed E-state index contributed by atoms with van der Waals surface area (Å²) >= 11 is 3.30. The van der Waals surface area contributed by atoms with Gasteiger partial charge in [0.1, 0.15) is 30.5 Å². The number of rotatable bonds is 2.